The third kappa shape index (κ3) is 5.60. The standard InChI is InChI=1S/C16H21BrN2O3/c1-2-6-12(8-5-10-17)15(21)18-19-16(22)14-9-4-3-7-13(14)11-20/h2,5-6,8,11,13-14H,1,3-4,7,9-10H2,(H,18,21)(H,19,22)/b8-5-,12-6+. The second-order valence-corrected chi connectivity index (χ2v) is 5.70. The largest absolute Gasteiger partial charge is 0.303 e. The third-order valence-electron chi connectivity index (χ3n) is 3.58. The van der Waals surface area contributed by atoms with Gasteiger partial charge in [-0.1, -0.05) is 53.6 Å². The van der Waals surface area contributed by atoms with Gasteiger partial charge >= 0.3 is 0 Å². The van der Waals surface area contributed by atoms with Gasteiger partial charge in [0.1, 0.15) is 6.29 Å². The first kappa shape index (κ1) is 18.4. The van der Waals surface area contributed by atoms with Crippen molar-refractivity contribution in [1.29, 1.82) is 0 Å². The number of hydrazine groups is 1. The van der Waals surface area contributed by atoms with Crippen molar-refractivity contribution in [2.24, 2.45) is 11.8 Å². The molecule has 0 aliphatic heterocycles. The van der Waals surface area contributed by atoms with Crippen LogP contribution in [0.2, 0.25) is 0 Å². The fourth-order valence-electron chi connectivity index (χ4n) is 2.44. The van der Waals surface area contributed by atoms with Crippen molar-refractivity contribution in [3.63, 3.8) is 0 Å². The van der Waals surface area contributed by atoms with Gasteiger partial charge in [0.25, 0.3) is 5.91 Å². The lowest BCUT2D eigenvalue weighted by atomic mass is 9.80. The van der Waals surface area contributed by atoms with Crippen LogP contribution in [0.5, 0.6) is 0 Å². The highest BCUT2D eigenvalue weighted by Crippen LogP contribution is 2.28. The fraction of sp³-hybridized carbons (Fsp3) is 0.438. The highest BCUT2D eigenvalue weighted by Gasteiger charge is 2.30. The number of carbonyl (C=O) groups is 3. The molecule has 1 aliphatic carbocycles. The van der Waals surface area contributed by atoms with E-state index in [2.05, 4.69) is 33.4 Å². The number of allylic oxidation sites excluding steroid dienone is 3. The van der Waals surface area contributed by atoms with Crippen molar-refractivity contribution in [1.82, 2.24) is 10.9 Å². The van der Waals surface area contributed by atoms with Gasteiger partial charge in [0.2, 0.25) is 5.91 Å². The summed E-state index contributed by atoms with van der Waals surface area (Å²) in [5, 5.41) is 0.615. The minimum Gasteiger partial charge on any atom is -0.303 e. The minimum absolute atomic E-state index is 0.262. The summed E-state index contributed by atoms with van der Waals surface area (Å²) in [7, 11) is 0. The van der Waals surface area contributed by atoms with E-state index in [9.17, 15) is 14.4 Å². The van der Waals surface area contributed by atoms with Crippen LogP contribution in [-0.4, -0.2) is 23.4 Å². The number of carbonyl (C=O) groups excluding carboxylic acids is 3. The molecule has 0 heterocycles. The van der Waals surface area contributed by atoms with Crippen molar-refractivity contribution in [3.8, 4) is 0 Å². The zero-order valence-electron chi connectivity index (χ0n) is 12.4. The predicted molar refractivity (Wildman–Crippen MR) is 89.0 cm³/mol. The molecule has 22 heavy (non-hydrogen) atoms. The lowest BCUT2D eigenvalue weighted by Crippen LogP contribution is -2.47. The molecule has 0 saturated heterocycles. The Bertz CT molecular complexity index is 486. The van der Waals surface area contributed by atoms with E-state index in [0.29, 0.717) is 17.3 Å². The molecule has 1 saturated carbocycles. The molecule has 120 valence electrons. The monoisotopic (exact) mass is 368 g/mol. The Morgan fingerprint density at radius 3 is 2.59 bits per heavy atom. The Morgan fingerprint density at radius 1 is 1.23 bits per heavy atom. The molecular formula is C16H21BrN2O3. The summed E-state index contributed by atoms with van der Waals surface area (Å²) in [5.74, 6) is -1.37. The second kappa shape index (κ2) is 10.1. The molecule has 1 rings (SSSR count). The maximum Gasteiger partial charge on any atom is 0.269 e. The van der Waals surface area contributed by atoms with Gasteiger partial charge in [-0.05, 0) is 18.9 Å². The zero-order valence-corrected chi connectivity index (χ0v) is 14.0. The molecule has 2 atom stereocenters. The van der Waals surface area contributed by atoms with E-state index in [1.807, 2.05) is 0 Å². The first-order valence-electron chi connectivity index (χ1n) is 7.24. The van der Waals surface area contributed by atoms with Crippen LogP contribution >= 0.6 is 15.9 Å². The Balaban J connectivity index is 2.59. The maximum absolute atomic E-state index is 12.1. The fourth-order valence-corrected chi connectivity index (χ4v) is 2.62. The molecule has 2 N–H and O–H groups in total. The molecular weight excluding hydrogens is 348 g/mol. The summed E-state index contributed by atoms with van der Waals surface area (Å²) in [6, 6.07) is 0. The molecule has 2 amide bonds. The summed E-state index contributed by atoms with van der Waals surface area (Å²) >= 11 is 3.23. The molecule has 0 aromatic carbocycles. The van der Waals surface area contributed by atoms with Crippen molar-refractivity contribution < 1.29 is 14.4 Å². The molecule has 0 aromatic rings. The van der Waals surface area contributed by atoms with Gasteiger partial charge in [0.15, 0.2) is 0 Å². The van der Waals surface area contributed by atoms with Crippen LogP contribution in [0.25, 0.3) is 0 Å². The Kier molecular flexibility index (Phi) is 8.43. The third-order valence-corrected chi connectivity index (χ3v) is 3.95. The number of hydrogen-bond acceptors (Lipinski definition) is 3. The summed E-state index contributed by atoms with van der Waals surface area (Å²) in [5.41, 5.74) is 5.17. The van der Waals surface area contributed by atoms with Crippen LogP contribution in [0.3, 0.4) is 0 Å². The number of aldehydes is 1. The van der Waals surface area contributed by atoms with Crippen LogP contribution in [0, 0.1) is 11.8 Å². The van der Waals surface area contributed by atoms with E-state index in [1.165, 1.54) is 6.08 Å². The number of alkyl halides is 1. The maximum atomic E-state index is 12.1. The van der Waals surface area contributed by atoms with Crippen LogP contribution in [-0.2, 0) is 14.4 Å². The zero-order chi connectivity index (χ0) is 16.4. The van der Waals surface area contributed by atoms with E-state index in [4.69, 9.17) is 0 Å². The minimum atomic E-state index is -0.427. The van der Waals surface area contributed by atoms with Gasteiger partial charge in [0, 0.05) is 22.7 Å². The number of halogens is 1. The van der Waals surface area contributed by atoms with E-state index in [1.54, 1.807) is 18.2 Å². The van der Waals surface area contributed by atoms with E-state index < -0.39 is 5.91 Å². The lowest BCUT2D eigenvalue weighted by Gasteiger charge is -2.26. The Morgan fingerprint density at radius 2 is 1.95 bits per heavy atom. The quantitative estimate of drug-likeness (QED) is 0.248. The van der Waals surface area contributed by atoms with E-state index in [-0.39, 0.29) is 17.7 Å². The predicted octanol–water partition coefficient (Wildman–Crippen LogP) is 2.20. The number of amides is 2. The number of rotatable bonds is 6. The van der Waals surface area contributed by atoms with Gasteiger partial charge in [0.05, 0.1) is 0 Å². The molecule has 2 unspecified atom stereocenters. The molecule has 0 bridgehead atoms. The molecule has 1 fully saturated rings. The van der Waals surface area contributed by atoms with Crippen molar-refractivity contribution in [3.05, 3.63) is 36.5 Å². The van der Waals surface area contributed by atoms with Crippen molar-refractivity contribution in [2.75, 3.05) is 5.33 Å². The highest BCUT2D eigenvalue weighted by atomic mass is 79.9. The first-order valence-corrected chi connectivity index (χ1v) is 8.37. The molecule has 0 spiro atoms. The number of hydrogen-bond donors (Lipinski definition) is 2. The second-order valence-electron chi connectivity index (χ2n) is 5.05. The van der Waals surface area contributed by atoms with Gasteiger partial charge in [-0.3, -0.25) is 20.4 Å². The molecule has 1 aliphatic rings. The van der Waals surface area contributed by atoms with Crippen LogP contribution in [0.15, 0.2) is 36.5 Å². The average molecular weight is 369 g/mol. The smallest absolute Gasteiger partial charge is 0.269 e. The van der Waals surface area contributed by atoms with Gasteiger partial charge < -0.3 is 4.79 Å². The van der Waals surface area contributed by atoms with Gasteiger partial charge in [-0.15, -0.1) is 0 Å². The normalized spacial score (nSPS) is 22.1. The summed E-state index contributed by atoms with van der Waals surface area (Å²) in [6.45, 7) is 3.55. The van der Waals surface area contributed by atoms with Gasteiger partial charge in [-0.25, -0.2) is 0 Å². The van der Waals surface area contributed by atoms with Gasteiger partial charge in [-0.2, -0.15) is 0 Å². The van der Waals surface area contributed by atoms with E-state index >= 15 is 0 Å². The van der Waals surface area contributed by atoms with E-state index in [0.717, 1.165) is 25.5 Å². The van der Waals surface area contributed by atoms with Crippen LogP contribution < -0.4 is 10.9 Å². The number of nitrogens with one attached hydrogen (secondary N) is 2. The summed E-state index contributed by atoms with van der Waals surface area (Å²) < 4.78 is 0. The Labute approximate surface area is 139 Å². The highest BCUT2D eigenvalue weighted by molar-refractivity contribution is 9.09. The molecule has 0 aromatic heterocycles. The topological polar surface area (TPSA) is 75.3 Å². The van der Waals surface area contributed by atoms with Crippen LogP contribution in [0.1, 0.15) is 25.7 Å². The van der Waals surface area contributed by atoms with Crippen molar-refractivity contribution >= 4 is 34.0 Å². The van der Waals surface area contributed by atoms with Crippen molar-refractivity contribution in [2.45, 2.75) is 25.7 Å². The molecule has 5 nitrogen and oxygen atoms in total. The summed E-state index contributed by atoms with van der Waals surface area (Å²) in [6.07, 6.45) is 10.6. The molecule has 6 heteroatoms. The molecule has 0 radical (unpaired) electrons. The summed E-state index contributed by atoms with van der Waals surface area (Å²) in [4.78, 5) is 35.1. The Hall–Kier alpha value is -1.69. The van der Waals surface area contributed by atoms with Crippen LogP contribution in [0.4, 0.5) is 0 Å². The first-order chi connectivity index (χ1) is 10.6. The average Bonchev–Trinajstić information content (AvgIpc) is 2.56. The lowest BCUT2D eigenvalue weighted by molar-refractivity contribution is -0.134. The SMILES string of the molecule is C=C/C=C(\C=C/CBr)C(=O)NNC(=O)C1CCCCC1C=O.